The predicted molar refractivity (Wildman–Crippen MR) is 59.4 cm³/mol. The molecule has 0 saturated carbocycles. The summed E-state index contributed by atoms with van der Waals surface area (Å²) < 4.78 is 0. The number of nitrogens with one attached hydrogen (secondary N) is 2. The van der Waals surface area contributed by atoms with Crippen LogP contribution < -0.4 is 10.6 Å². The Kier molecular flexibility index (Phi) is 6.84. The topological polar surface area (TPSA) is 44.4 Å². The molecule has 0 aliphatic carbocycles. The molecule has 0 aromatic carbocycles. The van der Waals surface area contributed by atoms with E-state index in [0.717, 1.165) is 19.5 Å². The average Bonchev–Trinajstić information content (AvgIpc) is 2.09. The van der Waals surface area contributed by atoms with Crippen molar-refractivity contribution in [1.82, 2.24) is 15.5 Å². The quantitative estimate of drug-likeness (QED) is 0.491. The summed E-state index contributed by atoms with van der Waals surface area (Å²) in [6.07, 6.45) is 0.988. The van der Waals surface area contributed by atoms with Crippen molar-refractivity contribution in [2.24, 2.45) is 0 Å². The van der Waals surface area contributed by atoms with Gasteiger partial charge in [-0.05, 0) is 19.9 Å². The highest BCUT2D eigenvalue weighted by molar-refractivity contribution is 5.73. The normalized spacial score (nSPS) is 9.64. The Balaban J connectivity index is 3.22. The van der Waals surface area contributed by atoms with Gasteiger partial charge in [-0.3, -0.25) is 0 Å². The Labute approximate surface area is 86.4 Å². The summed E-state index contributed by atoms with van der Waals surface area (Å²) in [5.41, 5.74) is 1.18. The first-order valence-electron chi connectivity index (χ1n) is 4.84. The summed E-state index contributed by atoms with van der Waals surface area (Å²) in [5, 5.41) is 5.99. The lowest BCUT2D eigenvalue weighted by molar-refractivity contribution is 0.217. The molecule has 4 heteroatoms. The highest BCUT2D eigenvalue weighted by Crippen LogP contribution is 1.90. The maximum absolute atomic E-state index is 11.1. The number of carbonyl (C=O) groups excluding carboxylic acids is 1. The molecule has 14 heavy (non-hydrogen) atoms. The first kappa shape index (κ1) is 13.0. The van der Waals surface area contributed by atoms with E-state index in [1.54, 1.807) is 14.1 Å². The number of carbonyl (C=O) groups is 1. The van der Waals surface area contributed by atoms with Crippen LogP contribution in [0.1, 0.15) is 13.3 Å². The highest BCUT2D eigenvalue weighted by atomic mass is 16.2. The van der Waals surface area contributed by atoms with Crippen LogP contribution in [0.2, 0.25) is 0 Å². The summed E-state index contributed by atoms with van der Waals surface area (Å²) in [6.45, 7) is 8.20. The number of rotatable bonds is 6. The fourth-order valence-corrected chi connectivity index (χ4v) is 0.843. The number of amides is 2. The maximum Gasteiger partial charge on any atom is 0.316 e. The van der Waals surface area contributed by atoms with Crippen molar-refractivity contribution in [2.75, 3.05) is 33.7 Å². The molecule has 0 atom stereocenters. The molecule has 0 radical (unpaired) electrons. The van der Waals surface area contributed by atoms with Gasteiger partial charge in [-0.2, -0.15) is 0 Å². The third-order valence-electron chi connectivity index (χ3n) is 1.71. The molecular weight excluding hydrogens is 178 g/mol. The van der Waals surface area contributed by atoms with Crippen LogP contribution in [0.3, 0.4) is 0 Å². The van der Waals surface area contributed by atoms with E-state index in [4.69, 9.17) is 0 Å². The van der Waals surface area contributed by atoms with Crippen LogP contribution in [0.4, 0.5) is 4.79 Å². The van der Waals surface area contributed by atoms with Crippen LogP contribution in [-0.4, -0.2) is 44.7 Å². The lowest BCUT2D eigenvalue weighted by atomic mass is 10.2. The third-order valence-corrected chi connectivity index (χ3v) is 1.71. The molecule has 0 rings (SSSR count). The second kappa shape index (κ2) is 7.38. The second-order valence-corrected chi connectivity index (χ2v) is 3.58. The van der Waals surface area contributed by atoms with Crippen LogP contribution in [0.25, 0.3) is 0 Å². The number of hydrogen-bond acceptors (Lipinski definition) is 2. The van der Waals surface area contributed by atoms with Crippen molar-refractivity contribution in [1.29, 1.82) is 0 Å². The van der Waals surface area contributed by atoms with Gasteiger partial charge >= 0.3 is 6.03 Å². The van der Waals surface area contributed by atoms with Crippen molar-refractivity contribution in [3.63, 3.8) is 0 Å². The number of hydrogen-bond donors (Lipinski definition) is 2. The molecule has 0 bridgehead atoms. The largest absolute Gasteiger partial charge is 0.337 e. The minimum atomic E-state index is -0.0494. The Morgan fingerprint density at radius 2 is 1.93 bits per heavy atom. The van der Waals surface area contributed by atoms with E-state index in [0.29, 0.717) is 6.54 Å². The van der Waals surface area contributed by atoms with Crippen LogP contribution in [0.15, 0.2) is 12.2 Å². The first-order chi connectivity index (χ1) is 6.54. The molecule has 0 aliphatic rings. The standard InChI is InChI=1S/C10H21N3O/c1-9(2)5-6-11-7-8-12-10(14)13(3)4/h11H,1,5-8H2,2-4H3,(H,12,14). The van der Waals surface area contributed by atoms with Gasteiger partial charge in [0.15, 0.2) is 0 Å². The monoisotopic (exact) mass is 199 g/mol. The Morgan fingerprint density at radius 1 is 1.29 bits per heavy atom. The lowest BCUT2D eigenvalue weighted by Crippen LogP contribution is -2.38. The zero-order chi connectivity index (χ0) is 11.0. The van der Waals surface area contributed by atoms with Crippen LogP contribution in [0, 0.1) is 0 Å². The molecule has 0 spiro atoms. The predicted octanol–water partition coefficient (Wildman–Crippen LogP) is 0.813. The van der Waals surface area contributed by atoms with Crippen molar-refractivity contribution >= 4 is 6.03 Å². The fraction of sp³-hybridized carbons (Fsp3) is 0.700. The van der Waals surface area contributed by atoms with E-state index >= 15 is 0 Å². The van der Waals surface area contributed by atoms with Gasteiger partial charge in [0.25, 0.3) is 0 Å². The molecule has 0 aromatic heterocycles. The third kappa shape index (κ3) is 7.61. The summed E-state index contributed by atoms with van der Waals surface area (Å²) >= 11 is 0. The van der Waals surface area contributed by atoms with Crippen molar-refractivity contribution in [3.8, 4) is 0 Å². The molecule has 4 nitrogen and oxygen atoms in total. The van der Waals surface area contributed by atoms with Gasteiger partial charge in [-0.25, -0.2) is 4.79 Å². The molecule has 0 saturated heterocycles. The van der Waals surface area contributed by atoms with E-state index in [1.165, 1.54) is 10.5 Å². The highest BCUT2D eigenvalue weighted by Gasteiger charge is 1.99. The number of nitrogens with zero attached hydrogens (tertiary/aromatic N) is 1. The second-order valence-electron chi connectivity index (χ2n) is 3.58. The van der Waals surface area contributed by atoms with Crippen molar-refractivity contribution < 1.29 is 4.79 Å². The Bertz CT molecular complexity index is 190. The average molecular weight is 199 g/mol. The summed E-state index contributed by atoms with van der Waals surface area (Å²) in [4.78, 5) is 12.6. The molecule has 0 unspecified atom stereocenters. The molecule has 0 aromatic rings. The molecule has 2 N–H and O–H groups in total. The van der Waals surface area contributed by atoms with E-state index in [-0.39, 0.29) is 6.03 Å². The SMILES string of the molecule is C=C(C)CCNCCNC(=O)N(C)C. The van der Waals surface area contributed by atoms with Gasteiger partial charge in [0.1, 0.15) is 0 Å². The van der Waals surface area contributed by atoms with Gasteiger partial charge < -0.3 is 15.5 Å². The summed E-state index contributed by atoms with van der Waals surface area (Å²) in [6, 6.07) is -0.0494. The van der Waals surface area contributed by atoms with E-state index in [2.05, 4.69) is 17.2 Å². The van der Waals surface area contributed by atoms with Gasteiger partial charge in [-0.1, -0.05) is 5.57 Å². The Hall–Kier alpha value is -1.03. The van der Waals surface area contributed by atoms with Crippen LogP contribution in [-0.2, 0) is 0 Å². The summed E-state index contributed by atoms with van der Waals surface area (Å²) in [5.74, 6) is 0. The zero-order valence-electron chi connectivity index (χ0n) is 9.39. The van der Waals surface area contributed by atoms with Gasteiger partial charge in [0, 0.05) is 27.2 Å². The van der Waals surface area contributed by atoms with Gasteiger partial charge in [0.2, 0.25) is 0 Å². The van der Waals surface area contributed by atoms with Crippen LogP contribution >= 0.6 is 0 Å². The van der Waals surface area contributed by atoms with E-state index < -0.39 is 0 Å². The number of urea groups is 1. The molecular formula is C10H21N3O. The first-order valence-corrected chi connectivity index (χ1v) is 4.84. The fourth-order valence-electron chi connectivity index (χ4n) is 0.843. The molecule has 0 heterocycles. The summed E-state index contributed by atoms with van der Waals surface area (Å²) in [7, 11) is 3.45. The van der Waals surface area contributed by atoms with E-state index in [1.807, 2.05) is 6.92 Å². The molecule has 82 valence electrons. The molecule has 2 amide bonds. The van der Waals surface area contributed by atoms with Crippen LogP contribution in [0.5, 0.6) is 0 Å². The van der Waals surface area contributed by atoms with Gasteiger partial charge in [-0.15, -0.1) is 6.58 Å². The van der Waals surface area contributed by atoms with Gasteiger partial charge in [0.05, 0.1) is 0 Å². The zero-order valence-corrected chi connectivity index (χ0v) is 9.39. The molecule has 0 aliphatic heterocycles. The minimum absolute atomic E-state index is 0.0494. The lowest BCUT2D eigenvalue weighted by Gasteiger charge is -2.12. The minimum Gasteiger partial charge on any atom is -0.337 e. The molecule has 0 fully saturated rings. The maximum atomic E-state index is 11.1. The van der Waals surface area contributed by atoms with Crippen molar-refractivity contribution in [3.05, 3.63) is 12.2 Å². The van der Waals surface area contributed by atoms with Crippen molar-refractivity contribution in [2.45, 2.75) is 13.3 Å². The Morgan fingerprint density at radius 3 is 2.43 bits per heavy atom. The van der Waals surface area contributed by atoms with E-state index in [9.17, 15) is 4.79 Å². The smallest absolute Gasteiger partial charge is 0.316 e.